The third kappa shape index (κ3) is 3.52. The zero-order chi connectivity index (χ0) is 14.8. The fourth-order valence-electron chi connectivity index (χ4n) is 2.92. The Kier molecular flexibility index (Phi) is 4.39. The van der Waals surface area contributed by atoms with Crippen LogP contribution in [0.2, 0.25) is 0 Å². The summed E-state index contributed by atoms with van der Waals surface area (Å²) in [6.45, 7) is 3.54. The molecule has 1 fully saturated rings. The molecule has 2 unspecified atom stereocenters. The Morgan fingerprint density at radius 3 is 2.50 bits per heavy atom. The number of hydrogen-bond acceptors (Lipinski definition) is 2. The molecule has 1 N–H and O–H groups in total. The number of hydrogen-bond donors (Lipinski definition) is 1. The lowest BCUT2D eigenvalue weighted by atomic mass is 9.80. The smallest absolute Gasteiger partial charge is 0.383 e. The highest BCUT2D eigenvalue weighted by Gasteiger charge is 2.33. The number of alkyl halides is 3. The molecular formula is C15H20F3NO. The quantitative estimate of drug-likeness (QED) is 0.917. The summed E-state index contributed by atoms with van der Waals surface area (Å²) in [5.74, 6) is 0.277. The first-order valence-electron chi connectivity index (χ1n) is 6.75. The molecule has 1 aromatic carbocycles. The van der Waals surface area contributed by atoms with Gasteiger partial charge in [0.05, 0.1) is 12.2 Å². The molecule has 2 nitrogen and oxygen atoms in total. The Balaban J connectivity index is 2.11. The van der Waals surface area contributed by atoms with Gasteiger partial charge in [0.2, 0.25) is 0 Å². The number of piperidine rings is 1. The van der Waals surface area contributed by atoms with Gasteiger partial charge in [0.1, 0.15) is 0 Å². The van der Waals surface area contributed by atoms with E-state index in [0.29, 0.717) is 6.61 Å². The van der Waals surface area contributed by atoms with Crippen LogP contribution < -0.4 is 5.32 Å². The number of halogens is 3. The van der Waals surface area contributed by atoms with Gasteiger partial charge in [-0.2, -0.15) is 13.2 Å². The summed E-state index contributed by atoms with van der Waals surface area (Å²) in [6, 6.07) is 5.55. The Hall–Kier alpha value is -1.07. The zero-order valence-electron chi connectivity index (χ0n) is 11.8. The molecule has 2 rings (SSSR count). The van der Waals surface area contributed by atoms with Crippen molar-refractivity contribution in [3.05, 3.63) is 35.4 Å². The molecule has 2 atom stereocenters. The van der Waals surface area contributed by atoms with E-state index in [1.54, 1.807) is 19.2 Å². The van der Waals surface area contributed by atoms with Crippen molar-refractivity contribution in [2.24, 2.45) is 0 Å². The molecule has 0 saturated carbocycles. The van der Waals surface area contributed by atoms with Crippen molar-refractivity contribution >= 4 is 0 Å². The molecule has 0 spiro atoms. The summed E-state index contributed by atoms with van der Waals surface area (Å²) in [7, 11) is 1.66. The second-order valence-electron chi connectivity index (χ2n) is 5.73. The summed E-state index contributed by atoms with van der Waals surface area (Å²) in [5, 5.41) is 3.43. The third-order valence-corrected chi connectivity index (χ3v) is 3.91. The van der Waals surface area contributed by atoms with E-state index in [0.717, 1.165) is 24.9 Å². The second-order valence-corrected chi connectivity index (χ2v) is 5.73. The summed E-state index contributed by atoms with van der Waals surface area (Å²) >= 11 is 0. The van der Waals surface area contributed by atoms with Gasteiger partial charge in [-0.15, -0.1) is 0 Å². The van der Waals surface area contributed by atoms with Crippen LogP contribution in [0.25, 0.3) is 0 Å². The maximum absolute atomic E-state index is 12.6. The molecule has 112 valence electrons. The molecule has 0 amide bonds. The average Bonchev–Trinajstić information content (AvgIpc) is 2.38. The maximum Gasteiger partial charge on any atom is 0.416 e. The normalized spacial score (nSPS) is 27.6. The van der Waals surface area contributed by atoms with E-state index >= 15 is 0 Å². The van der Waals surface area contributed by atoms with Crippen LogP contribution in [0.1, 0.15) is 36.8 Å². The minimum Gasteiger partial charge on any atom is -0.383 e. The molecule has 1 aromatic rings. The van der Waals surface area contributed by atoms with Crippen LogP contribution >= 0.6 is 0 Å². The molecular weight excluding hydrogens is 267 g/mol. The standard InChI is InChI=1S/C15H20F3NO/c1-14(10-20-2)9-12(7-8-19-14)11-3-5-13(6-4-11)15(16,17)18/h3-6,12,19H,7-10H2,1-2H3. The minimum atomic E-state index is -4.27. The molecule has 1 heterocycles. The van der Waals surface area contributed by atoms with Crippen LogP contribution in [0.5, 0.6) is 0 Å². The van der Waals surface area contributed by atoms with Crippen LogP contribution in [-0.2, 0) is 10.9 Å². The van der Waals surface area contributed by atoms with E-state index in [-0.39, 0.29) is 11.5 Å². The highest BCUT2D eigenvalue weighted by Crippen LogP contribution is 2.35. The van der Waals surface area contributed by atoms with Crippen LogP contribution in [0.15, 0.2) is 24.3 Å². The predicted octanol–water partition coefficient (Wildman–Crippen LogP) is 3.58. The summed E-state index contributed by atoms with van der Waals surface area (Å²) < 4.78 is 42.9. The highest BCUT2D eigenvalue weighted by atomic mass is 19.4. The van der Waals surface area contributed by atoms with Crippen molar-refractivity contribution < 1.29 is 17.9 Å². The van der Waals surface area contributed by atoms with Gasteiger partial charge in [0.15, 0.2) is 0 Å². The van der Waals surface area contributed by atoms with Crippen LogP contribution in [-0.4, -0.2) is 25.8 Å². The molecule has 1 saturated heterocycles. The molecule has 5 heteroatoms. The Morgan fingerprint density at radius 1 is 1.30 bits per heavy atom. The first-order chi connectivity index (χ1) is 9.34. The van der Waals surface area contributed by atoms with Gasteiger partial charge in [-0.05, 0) is 49.9 Å². The molecule has 20 heavy (non-hydrogen) atoms. The van der Waals surface area contributed by atoms with Gasteiger partial charge < -0.3 is 10.1 Å². The molecule has 1 aliphatic heterocycles. The maximum atomic E-state index is 12.6. The van der Waals surface area contributed by atoms with E-state index in [1.165, 1.54) is 12.1 Å². The van der Waals surface area contributed by atoms with Gasteiger partial charge in [-0.3, -0.25) is 0 Å². The summed E-state index contributed by atoms with van der Waals surface area (Å²) in [6.07, 6.45) is -2.46. The van der Waals surface area contributed by atoms with E-state index < -0.39 is 11.7 Å². The fraction of sp³-hybridized carbons (Fsp3) is 0.600. The number of methoxy groups -OCH3 is 1. The summed E-state index contributed by atoms with van der Waals surface area (Å²) in [5.41, 5.74) is 0.275. The number of rotatable bonds is 3. The first-order valence-corrected chi connectivity index (χ1v) is 6.75. The minimum absolute atomic E-state index is 0.111. The molecule has 0 bridgehead atoms. The van der Waals surface area contributed by atoms with E-state index in [4.69, 9.17) is 4.74 Å². The van der Waals surface area contributed by atoms with Gasteiger partial charge in [0, 0.05) is 12.6 Å². The van der Waals surface area contributed by atoms with Gasteiger partial charge in [-0.1, -0.05) is 12.1 Å². The van der Waals surface area contributed by atoms with Crippen LogP contribution in [0.3, 0.4) is 0 Å². The van der Waals surface area contributed by atoms with E-state index in [9.17, 15) is 13.2 Å². The largest absolute Gasteiger partial charge is 0.416 e. The fourth-order valence-corrected chi connectivity index (χ4v) is 2.92. The van der Waals surface area contributed by atoms with Crippen LogP contribution in [0, 0.1) is 0 Å². The number of ether oxygens (including phenoxy) is 1. The van der Waals surface area contributed by atoms with Gasteiger partial charge in [-0.25, -0.2) is 0 Å². The lowest BCUT2D eigenvalue weighted by Crippen LogP contribution is -2.51. The average molecular weight is 287 g/mol. The Labute approximate surface area is 117 Å². The van der Waals surface area contributed by atoms with Crippen molar-refractivity contribution in [1.82, 2.24) is 5.32 Å². The van der Waals surface area contributed by atoms with Crippen molar-refractivity contribution in [1.29, 1.82) is 0 Å². The first kappa shape index (κ1) is 15.3. The molecule has 0 radical (unpaired) electrons. The van der Waals surface area contributed by atoms with E-state index in [2.05, 4.69) is 12.2 Å². The topological polar surface area (TPSA) is 21.3 Å². The van der Waals surface area contributed by atoms with Crippen molar-refractivity contribution in [2.45, 2.75) is 37.4 Å². The van der Waals surface area contributed by atoms with Crippen molar-refractivity contribution in [2.75, 3.05) is 20.3 Å². The molecule has 0 aliphatic carbocycles. The van der Waals surface area contributed by atoms with Gasteiger partial charge in [0.25, 0.3) is 0 Å². The molecule has 1 aliphatic rings. The number of nitrogens with one attached hydrogen (secondary N) is 1. The monoisotopic (exact) mass is 287 g/mol. The lowest BCUT2D eigenvalue weighted by molar-refractivity contribution is -0.137. The van der Waals surface area contributed by atoms with Crippen LogP contribution in [0.4, 0.5) is 13.2 Å². The number of benzene rings is 1. The SMILES string of the molecule is COCC1(C)CC(c2ccc(C(F)(F)F)cc2)CCN1. The van der Waals surface area contributed by atoms with Gasteiger partial charge >= 0.3 is 6.18 Å². The molecule has 0 aromatic heterocycles. The van der Waals surface area contributed by atoms with Crippen molar-refractivity contribution in [3.8, 4) is 0 Å². The predicted molar refractivity (Wildman–Crippen MR) is 71.7 cm³/mol. The zero-order valence-corrected chi connectivity index (χ0v) is 11.8. The second kappa shape index (κ2) is 5.74. The third-order valence-electron chi connectivity index (χ3n) is 3.91. The van der Waals surface area contributed by atoms with E-state index in [1.807, 2.05) is 0 Å². The summed E-state index contributed by atoms with van der Waals surface area (Å²) in [4.78, 5) is 0. The van der Waals surface area contributed by atoms with Crippen molar-refractivity contribution in [3.63, 3.8) is 0 Å². The highest BCUT2D eigenvalue weighted by molar-refractivity contribution is 5.28. The Morgan fingerprint density at radius 2 is 1.95 bits per heavy atom. The lowest BCUT2D eigenvalue weighted by Gasteiger charge is -2.39. The Bertz CT molecular complexity index is 439.